The van der Waals surface area contributed by atoms with Crippen molar-refractivity contribution >= 4 is 22.9 Å². The molecule has 0 aliphatic heterocycles. The van der Waals surface area contributed by atoms with Gasteiger partial charge in [0.05, 0.1) is 16.3 Å². The number of fused-ring (bicyclic) bond motifs is 3. The van der Waals surface area contributed by atoms with Crippen LogP contribution in [0.5, 0.6) is 0 Å². The second-order valence-corrected chi connectivity index (χ2v) is 8.34. The number of aromatic nitrogens is 2. The number of hydrogen-bond acceptors (Lipinski definition) is 4. The van der Waals surface area contributed by atoms with Gasteiger partial charge in [-0.3, -0.25) is 9.78 Å². The first-order valence-corrected chi connectivity index (χ1v) is 10.7. The average Bonchev–Trinajstić information content (AvgIpc) is 3.13. The van der Waals surface area contributed by atoms with E-state index in [4.69, 9.17) is 0 Å². The topological polar surface area (TPSA) is 54.9 Å². The summed E-state index contributed by atoms with van der Waals surface area (Å²) in [6.45, 7) is 0. The molecule has 2 heterocycles. The van der Waals surface area contributed by atoms with Crippen molar-refractivity contribution in [3.63, 3.8) is 0 Å². The molecule has 2 aromatic carbocycles. The Kier molecular flexibility index (Phi) is 5.03. The first-order chi connectivity index (χ1) is 15.1. The normalized spacial score (nSPS) is 12.6. The molecule has 7 heteroatoms. The van der Waals surface area contributed by atoms with E-state index in [0.717, 1.165) is 58.7 Å². The minimum absolute atomic E-state index is 0.0731. The van der Waals surface area contributed by atoms with Gasteiger partial charge in [0.15, 0.2) is 5.01 Å². The summed E-state index contributed by atoms with van der Waals surface area (Å²) in [6, 6.07) is 13.3. The zero-order valence-electron chi connectivity index (χ0n) is 16.4. The second kappa shape index (κ2) is 8.00. The molecule has 1 aliphatic carbocycles. The lowest BCUT2D eigenvalue weighted by Gasteiger charge is -2.09. The first kappa shape index (κ1) is 19.5. The van der Waals surface area contributed by atoms with E-state index in [1.54, 1.807) is 6.20 Å². The van der Waals surface area contributed by atoms with E-state index in [2.05, 4.69) is 33.5 Å². The van der Waals surface area contributed by atoms with E-state index < -0.39 is 17.5 Å². The highest BCUT2D eigenvalue weighted by atomic mass is 32.1. The average molecular weight is 433 g/mol. The molecule has 31 heavy (non-hydrogen) atoms. The van der Waals surface area contributed by atoms with Crippen molar-refractivity contribution in [2.75, 3.05) is 5.32 Å². The standard InChI is InChI=1S/C24H17F2N3OS/c25-17-8-9-20(19(26)12-17)28-23(30)24-29-21-5-1-3-14-6-7-15(11-18(14)22(21)31-24)16-4-2-10-27-13-16/h2,4,6-13H,1,3,5H2,(H,28,30). The van der Waals surface area contributed by atoms with Crippen LogP contribution in [0.2, 0.25) is 0 Å². The third kappa shape index (κ3) is 3.84. The van der Waals surface area contributed by atoms with Gasteiger partial charge in [0.25, 0.3) is 5.91 Å². The maximum Gasteiger partial charge on any atom is 0.284 e. The molecule has 0 fully saturated rings. The molecular weight excluding hydrogens is 416 g/mol. The van der Waals surface area contributed by atoms with Gasteiger partial charge in [-0.05, 0) is 60.2 Å². The van der Waals surface area contributed by atoms with Crippen LogP contribution in [0.25, 0.3) is 21.6 Å². The number of benzene rings is 2. The number of thiazole rings is 1. The number of carbonyl (C=O) groups is 1. The highest BCUT2D eigenvalue weighted by molar-refractivity contribution is 7.17. The molecule has 5 rings (SSSR count). The lowest BCUT2D eigenvalue weighted by Crippen LogP contribution is -2.13. The van der Waals surface area contributed by atoms with Gasteiger partial charge < -0.3 is 5.32 Å². The molecule has 1 N–H and O–H groups in total. The Balaban J connectivity index is 1.51. The summed E-state index contributed by atoms with van der Waals surface area (Å²) in [5.41, 5.74) is 5.15. The number of nitrogens with one attached hydrogen (secondary N) is 1. The number of carbonyl (C=O) groups excluding carboxylic acids is 1. The highest BCUT2D eigenvalue weighted by Crippen LogP contribution is 2.39. The quantitative estimate of drug-likeness (QED) is 0.438. The SMILES string of the molecule is O=C(Nc1ccc(F)cc1F)c1nc2c(s1)-c1cc(-c3cccnc3)ccc1CCC2. The minimum atomic E-state index is -0.821. The lowest BCUT2D eigenvalue weighted by atomic mass is 9.98. The number of halogens is 2. The van der Waals surface area contributed by atoms with Gasteiger partial charge >= 0.3 is 0 Å². The minimum Gasteiger partial charge on any atom is -0.317 e. The predicted octanol–water partition coefficient (Wildman–Crippen LogP) is 5.89. The van der Waals surface area contributed by atoms with Gasteiger partial charge in [-0.2, -0.15) is 0 Å². The van der Waals surface area contributed by atoms with Crippen LogP contribution in [-0.4, -0.2) is 15.9 Å². The number of aryl methyl sites for hydroxylation is 2. The van der Waals surface area contributed by atoms with Gasteiger partial charge in [0.1, 0.15) is 11.6 Å². The van der Waals surface area contributed by atoms with Crippen molar-refractivity contribution in [3.05, 3.63) is 88.8 Å². The summed E-state index contributed by atoms with van der Waals surface area (Å²) in [4.78, 5) is 22.4. The Morgan fingerprint density at radius 3 is 2.74 bits per heavy atom. The molecule has 0 saturated heterocycles. The Bertz CT molecular complexity index is 1290. The molecule has 1 aliphatic rings. The Labute approximate surface area is 181 Å². The van der Waals surface area contributed by atoms with Crippen LogP contribution in [0.1, 0.15) is 27.5 Å². The zero-order chi connectivity index (χ0) is 21.4. The summed E-state index contributed by atoms with van der Waals surface area (Å²) in [7, 11) is 0. The summed E-state index contributed by atoms with van der Waals surface area (Å²) in [6.07, 6.45) is 6.20. The van der Waals surface area contributed by atoms with E-state index in [-0.39, 0.29) is 10.7 Å². The van der Waals surface area contributed by atoms with Gasteiger partial charge in [-0.1, -0.05) is 18.2 Å². The molecule has 0 saturated carbocycles. The molecule has 1 amide bonds. The fourth-order valence-electron chi connectivity index (χ4n) is 3.76. The summed E-state index contributed by atoms with van der Waals surface area (Å²) >= 11 is 1.30. The van der Waals surface area contributed by atoms with E-state index >= 15 is 0 Å². The van der Waals surface area contributed by atoms with Crippen LogP contribution >= 0.6 is 11.3 Å². The van der Waals surface area contributed by atoms with Crippen molar-refractivity contribution in [3.8, 4) is 21.6 Å². The molecule has 0 radical (unpaired) electrons. The highest BCUT2D eigenvalue weighted by Gasteiger charge is 2.23. The predicted molar refractivity (Wildman–Crippen MR) is 117 cm³/mol. The van der Waals surface area contributed by atoms with Crippen LogP contribution in [0.15, 0.2) is 60.9 Å². The Morgan fingerprint density at radius 1 is 1.03 bits per heavy atom. The van der Waals surface area contributed by atoms with Gasteiger partial charge in [-0.15, -0.1) is 11.3 Å². The van der Waals surface area contributed by atoms with Crippen molar-refractivity contribution in [2.24, 2.45) is 0 Å². The van der Waals surface area contributed by atoms with Crippen molar-refractivity contribution in [1.29, 1.82) is 0 Å². The maximum atomic E-state index is 13.9. The number of amides is 1. The molecule has 154 valence electrons. The van der Waals surface area contributed by atoms with Gasteiger partial charge in [-0.25, -0.2) is 13.8 Å². The second-order valence-electron chi connectivity index (χ2n) is 7.34. The summed E-state index contributed by atoms with van der Waals surface area (Å²) < 4.78 is 27.1. The molecule has 0 bridgehead atoms. The number of hydrogen-bond donors (Lipinski definition) is 1. The van der Waals surface area contributed by atoms with E-state index in [1.165, 1.54) is 23.0 Å². The Hall–Kier alpha value is -3.45. The van der Waals surface area contributed by atoms with Crippen LogP contribution in [0, 0.1) is 11.6 Å². The number of pyridine rings is 1. The molecule has 4 nitrogen and oxygen atoms in total. The molecule has 0 unspecified atom stereocenters. The monoisotopic (exact) mass is 433 g/mol. The van der Waals surface area contributed by atoms with Crippen LogP contribution in [0.3, 0.4) is 0 Å². The third-order valence-electron chi connectivity index (χ3n) is 5.28. The molecule has 4 aromatic rings. The van der Waals surface area contributed by atoms with Crippen molar-refractivity contribution < 1.29 is 13.6 Å². The van der Waals surface area contributed by atoms with Crippen LogP contribution in [0.4, 0.5) is 14.5 Å². The van der Waals surface area contributed by atoms with Crippen molar-refractivity contribution in [1.82, 2.24) is 9.97 Å². The molecule has 2 aromatic heterocycles. The fourth-order valence-corrected chi connectivity index (χ4v) is 4.82. The smallest absolute Gasteiger partial charge is 0.284 e. The maximum absolute atomic E-state index is 13.9. The Morgan fingerprint density at radius 2 is 1.94 bits per heavy atom. The fraction of sp³-hybridized carbons (Fsp3) is 0.125. The first-order valence-electron chi connectivity index (χ1n) is 9.88. The summed E-state index contributed by atoms with van der Waals surface area (Å²) in [5, 5.41) is 2.76. The largest absolute Gasteiger partial charge is 0.317 e. The summed E-state index contributed by atoms with van der Waals surface area (Å²) in [5.74, 6) is -2.02. The molecule has 0 spiro atoms. The van der Waals surface area contributed by atoms with Crippen molar-refractivity contribution in [2.45, 2.75) is 19.3 Å². The third-order valence-corrected chi connectivity index (χ3v) is 6.41. The number of anilines is 1. The molecular formula is C24H17F2N3OS. The van der Waals surface area contributed by atoms with Gasteiger partial charge in [0, 0.05) is 24.0 Å². The molecule has 0 atom stereocenters. The van der Waals surface area contributed by atoms with E-state index in [0.29, 0.717) is 0 Å². The van der Waals surface area contributed by atoms with E-state index in [9.17, 15) is 13.6 Å². The van der Waals surface area contributed by atoms with Gasteiger partial charge in [0.2, 0.25) is 0 Å². The lowest BCUT2D eigenvalue weighted by molar-refractivity contribution is 0.102. The van der Waals surface area contributed by atoms with Crippen LogP contribution in [-0.2, 0) is 12.8 Å². The zero-order valence-corrected chi connectivity index (χ0v) is 17.2. The van der Waals surface area contributed by atoms with Crippen LogP contribution < -0.4 is 5.32 Å². The number of rotatable bonds is 3. The van der Waals surface area contributed by atoms with E-state index in [1.807, 2.05) is 18.3 Å². The number of nitrogens with zero attached hydrogens (tertiary/aromatic N) is 2.